The molecule has 6 nitrogen and oxygen atoms in total. The Morgan fingerprint density at radius 3 is 2.50 bits per heavy atom. The van der Waals surface area contributed by atoms with Gasteiger partial charge in [-0.25, -0.2) is 0 Å². The van der Waals surface area contributed by atoms with E-state index in [4.69, 9.17) is 15.2 Å². The minimum atomic E-state index is -0.648. The second-order valence-electron chi connectivity index (χ2n) is 6.55. The third-order valence-corrected chi connectivity index (χ3v) is 4.23. The fourth-order valence-electron chi connectivity index (χ4n) is 3.34. The van der Waals surface area contributed by atoms with Crippen LogP contribution in [0.1, 0.15) is 43.5 Å². The summed E-state index contributed by atoms with van der Waals surface area (Å²) in [5.41, 5.74) is 5.33. The second kappa shape index (κ2) is 7.66. The first-order chi connectivity index (χ1) is 11.4. The average molecular weight is 334 g/mol. The van der Waals surface area contributed by atoms with Gasteiger partial charge in [-0.1, -0.05) is 0 Å². The molecule has 0 aromatic heterocycles. The maximum atomic E-state index is 12.9. The molecule has 6 heteroatoms. The van der Waals surface area contributed by atoms with E-state index >= 15 is 0 Å². The van der Waals surface area contributed by atoms with E-state index in [1.165, 1.54) is 0 Å². The molecule has 1 saturated heterocycles. The molecule has 1 atom stereocenters. The highest BCUT2D eigenvalue weighted by molar-refractivity contribution is 5.95. The van der Waals surface area contributed by atoms with Crippen molar-refractivity contribution in [3.8, 4) is 5.75 Å². The standard InChI is InChI=1S/C18H26N2O4/c1-13(2)24-15-7-5-14(6-8-15)17(22)20-10-4-9-18(20,12-23-3)11-16(19)21/h5-8,13H,4,9-12H2,1-3H3,(H2,19,21)/t18-/m1/s1. The van der Waals surface area contributed by atoms with Crippen LogP contribution in [-0.4, -0.2) is 48.6 Å². The van der Waals surface area contributed by atoms with Gasteiger partial charge in [0.05, 0.1) is 24.7 Å². The summed E-state index contributed by atoms with van der Waals surface area (Å²) in [5, 5.41) is 0. The smallest absolute Gasteiger partial charge is 0.254 e. The van der Waals surface area contributed by atoms with Crippen LogP contribution in [0.25, 0.3) is 0 Å². The van der Waals surface area contributed by atoms with Gasteiger partial charge in [0.15, 0.2) is 0 Å². The molecule has 24 heavy (non-hydrogen) atoms. The lowest BCUT2D eigenvalue weighted by molar-refractivity contribution is -0.121. The molecule has 0 unspecified atom stereocenters. The van der Waals surface area contributed by atoms with Gasteiger partial charge in [0.1, 0.15) is 5.75 Å². The van der Waals surface area contributed by atoms with Crippen LogP contribution < -0.4 is 10.5 Å². The Morgan fingerprint density at radius 2 is 1.96 bits per heavy atom. The molecule has 1 aliphatic rings. The zero-order chi connectivity index (χ0) is 17.7. The summed E-state index contributed by atoms with van der Waals surface area (Å²) in [5.74, 6) is 0.192. The van der Waals surface area contributed by atoms with Gasteiger partial charge in [-0.3, -0.25) is 9.59 Å². The second-order valence-corrected chi connectivity index (χ2v) is 6.55. The molecule has 132 valence electrons. The van der Waals surface area contributed by atoms with Crippen LogP contribution in [0, 0.1) is 0 Å². The van der Waals surface area contributed by atoms with Crippen LogP contribution in [0.4, 0.5) is 0 Å². The number of hydrogen-bond donors (Lipinski definition) is 1. The van der Waals surface area contributed by atoms with Crippen LogP contribution in [0.5, 0.6) is 5.75 Å². The molecule has 0 spiro atoms. The number of ether oxygens (including phenoxy) is 2. The normalized spacial score (nSPS) is 20.4. The maximum absolute atomic E-state index is 12.9. The molecule has 2 amide bonds. The Labute approximate surface area is 142 Å². The van der Waals surface area contributed by atoms with Crippen molar-refractivity contribution >= 4 is 11.8 Å². The number of amides is 2. The Bertz CT molecular complexity index is 585. The van der Waals surface area contributed by atoms with Crippen molar-refractivity contribution in [3.05, 3.63) is 29.8 Å². The van der Waals surface area contributed by atoms with E-state index in [9.17, 15) is 9.59 Å². The molecule has 2 rings (SSSR count). The van der Waals surface area contributed by atoms with Gasteiger partial charge in [-0.05, 0) is 51.0 Å². The van der Waals surface area contributed by atoms with E-state index in [1.54, 1.807) is 36.3 Å². The summed E-state index contributed by atoms with van der Waals surface area (Å²) in [6.07, 6.45) is 1.73. The number of hydrogen-bond acceptors (Lipinski definition) is 4. The highest BCUT2D eigenvalue weighted by Gasteiger charge is 2.45. The van der Waals surface area contributed by atoms with Crippen LogP contribution in [0.3, 0.4) is 0 Å². The molecule has 1 aliphatic heterocycles. The number of rotatable bonds is 7. The number of benzene rings is 1. The SMILES string of the molecule is COC[C@]1(CC(N)=O)CCCN1C(=O)c1ccc(OC(C)C)cc1. The monoisotopic (exact) mass is 334 g/mol. The predicted molar refractivity (Wildman–Crippen MR) is 90.9 cm³/mol. The van der Waals surface area contributed by atoms with E-state index in [2.05, 4.69) is 0 Å². The highest BCUT2D eigenvalue weighted by Crippen LogP contribution is 2.34. The van der Waals surface area contributed by atoms with E-state index in [-0.39, 0.29) is 18.4 Å². The van der Waals surface area contributed by atoms with Crippen molar-refractivity contribution < 1.29 is 19.1 Å². The van der Waals surface area contributed by atoms with Crippen LogP contribution in [0.15, 0.2) is 24.3 Å². The van der Waals surface area contributed by atoms with Crippen LogP contribution in [0.2, 0.25) is 0 Å². The topological polar surface area (TPSA) is 81.9 Å². The Morgan fingerprint density at radius 1 is 1.29 bits per heavy atom. The van der Waals surface area contributed by atoms with Crippen molar-refractivity contribution in [1.82, 2.24) is 4.90 Å². The van der Waals surface area contributed by atoms with Crippen molar-refractivity contribution in [3.63, 3.8) is 0 Å². The van der Waals surface area contributed by atoms with Gasteiger partial charge < -0.3 is 20.1 Å². The third kappa shape index (κ3) is 4.06. The van der Waals surface area contributed by atoms with Crippen molar-refractivity contribution in [2.24, 2.45) is 5.73 Å². The zero-order valence-corrected chi connectivity index (χ0v) is 14.6. The van der Waals surface area contributed by atoms with Gasteiger partial charge in [0.2, 0.25) is 5.91 Å². The number of primary amides is 1. The van der Waals surface area contributed by atoms with Gasteiger partial charge >= 0.3 is 0 Å². The lowest BCUT2D eigenvalue weighted by Gasteiger charge is -2.37. The first-order valence-corrected chi connectivity index (χ1v) is 8.24. The summed E-state index contributed by atoms with van der Waals surface area (Å²) in [6.45, 7) is 4.80. The summed E-state index contributed by atoms with van der Waals surface area (Å²) in [7, 11) is 1.57. The third-order valence-electron chi connectivity index (χ3n) is 4.23. The van der Waals surface area contributed by atoms with Gasteiger partial charge in [-0.2, -0.15) is 0 Å². The quantitative estimate of drug-likeness (QED) is 0.826. The minimum absolute atomic E-state index is 0.0788. The van der Waals surface area contributed by atoms with Crippen LogP contribution >= 0.6 is 0 Å². The van der Waals surface area contributed by atoms with Crippen molar-refractivity contribution in [2.75, 3.05) is 20.3 Å². The van der Waals surface area contributed by atoms with Crippen LogP contribution in [-0.2, 0) is 9.53 Å². The van der Waals surface area contributed by atoms with Gasteiger partial charge in [0.25, 0.3) is 5.91 Å². The molecule has 0 saturated carbocycles. The van der Waals surface area contributed by atoms with Crippen molar-refractivity contribution in [2.45, 2.75) is 44.8 Å². The first-order valence-electron chi connectivity index (χ1n) is 8.24. The number of methoxy groups -OCH3 is 1. The number of nitrogens with zero attached hydrogens (tertiary/aromatic N) is 1. The summed E-state index contributed by atoms with van der Waals surface area (Å²) in [4.78, 5) is 26.2. The molecule has 1 heterocycles. The molecule has 0 aliphatic carbocycles. The zero-order valence-electron chi connectivity index (χ0n) is 14.6. The van der Waals surface area contributed by atoms with E-state index in [0.29, 0.717) is 25.1 Å². The lowest BCUT2D eigenvalue weighted by Crippen LogP contribution is -2.52. The molecule has 1 aromatic rings. The van der Waals surface area contributed by atoms with E-state index in [0.717, 1.165) is 12.2 Å². The fourth-order valence-corrected chi connectivity index (χ4v) is 3.34. The molecule has 2 N–H and O–H groups in total. The van der Waals surface area contributed by atoms with Gasteiger partial charge in [-0.15, -0.1) is 0 Å². The summed E-state index contributed by atoms with van der Waals surface area (Å²) >= 11 is 0. The summed E-state index contributed by atoms with van der Waals surface area (Å²) < 4.78 is 10.9. The number of carbonyl (C=O) groups is 2. The molecular formula is C18H26N2O4. The molecule has 0 bridgehead atoms. The molecular weight excluding hydrogens is 308 g/mol. The number of nitrogens with two attached hydrogens (primary N) is 1. The first kappa shape index (κ1) is 18.3. The van der Waals surface area contributed by atoms with E-state index < -0.39 is 11.4 Å². The van der Waals surface area contributed by atoms with Gasteiger partial charge in [0, 0.05) is 19.2 Å². The highest BCUT2D eigenvalue weighted by atomic mass is 16.5. The maximum Gasteiger partial charge on any atom is 0.254 e. The number of carbonyl (C=O) groups excluding carboxylic acids is 2. The molecule has 0 radical (unpaired) electrons. The van der Waals surface area contributed by atoms with E-state index in [1.807, 2.05) is 13.8 Å². The number of likely N-dealkylation sites (tertiary alicyclic amines) is 1. The van der Waals surface area contributed by atoms with Crippen molar-refractivity contribution in [1.29, 1.82) is 0 Å². The summed E-state index contributed by atoms with van der Waals surface area (Å²) in [6, 6.07) is 7.07. The fraction of sp³-hybridized carbons (Fsp3) is 0.556. The molecule has 1 aromatic carbocycles. The lowest BCUT2D eigenvalue weighted by atomic mass is 9.92. The Hall–Kier alpha value is -2.08. The average Bonchev–Trinajstić information content (AvgIpc) is 2.89. The molecule has 1 fully saturated rings. The Kier molecular flexibility index (Phi) is 5.83. The minimum Gasteiger partial charge on any atom is -0.491 e. The predicted octanol–water partition coefficient (Wildman–Crippen LogP) is 1.97. The largest absolute Gasteiger partial charge is 0.491 e. The Balaban J connectivity index is 2.21.